The number of methoxy groups -OCH3 is 1. The molecule has 0 aromatic heterocycles. The summed E-state index contributed by atoms with van der Waals surface area (Å²) >= 11 is 0. The SMILES string of the molecule is COC(=O)CN1CCN(CC2CCCCN2C)CC1. The van der Waals surface area contributed by atoms with Crippen molar-refractivity contribution < 1.29 is 9.53 Å². The summed E-state index contributed by atoms with van der Waals surface area (Å²) in [6.45, 7) is 6.96. The van der Waals surface area contributed by atoms with Gasteiger partial charge in [0.1, 0.15) is 0 Å². The summed E-state index contributed by atoms with van der Waals surface area (Å²) in [6.07, 6.45) is 4.05. The predicted molar refractivity (Wildman–Crippen MR) is 75.2 cm³/mol. The van der Waals surface area contributed by atoms with E-state index in [-0.39, 0.29) is 5.97 Å². The molecule has 0 saturated carbocycles. The summed E-state index contributed by atoms with van der Waals surface area (Å²) in [7, 11) is 3.70. The maximum Gasteiger partial charge on any atom is 0.319 e. The molecule has 2 fully saturated rings. The van der Waals surface area contributed by atoms with Crippen LogP contribution in [-0.4, -0.2) is 86.7 Å². The highest BCUT2D eigenvalue weighted by atomic mass is 16.5. The number of likely N-dealkylation sites (N-methyl/N-ethyl adjacent to an activating group) is 1. The van der Waals surface area contributed by atoms with Gasteiger partial charge in [0.15, 0.2) is 0 Å². The van der Waals surface area contributed by atoms with Gasteiger partial charge in [0.2, 0.25) is 0 Å². The van der Waals surface area contributed by atoms with E-state index in [9.17, 15) is 4.79 Å². The second kappa shape index (κ2) is 7.22. The smallest absolute Gasteiger partial charge is 0.319 e. The average molecular weight is 269 g/mol. The summed E-state index contributed by atoms with van der Waals surface area (Å²) in [4.78, 5) is 18.5. The topological polar surface area (TPSA) is 36.0 Å². The van der Waals surface area contributed by atoms with Gasteiger partial charge in [-0.2, -0.15) is 0 Å². The van der Waals surface area contributed by atoms with Crippen molar-refractivity contribution in [3.63, 3.8) is 0 Å². The molecule has 1 unspecified atom stereocenters. The summed E-state index contributed by atoms with van der Waals surface area (Å²) in [5.41, 5.74) is 0. The number of rotatable bonds is 4. The van der Waals surface area contributed by atoms with E-state index in [0.29, 0.717) is 6.54 Å². The minimum atomic E-state index is -0.125. The van der Waals surface area contributed by atoms with Gasteiger partial charge in [-0.25, -0.2) is 0 Å². The third-order valence-electron chi connectivity index (χ3n) is 4.44. The first-order valence-corrected chi connectivity index (χ1v) is 7.41. The highest BCUT2D eigenvalue weighted by molar-refractivity contribution is 5.71. The number of piperidine rings is 1. The van der Waals surface area contributed by atoms with Crippen molar-refractivity contribution in [3.8, 4) is 0 Å². The Bertz CT molecular complexity index is 290. The fraction of sp³-hybridized carbons (Fsp3) is 0.929. The fourth-order valence-corrected chi connectivity index (χ4v) is 3.05. The van der Waals surface area contributed by atoms with E-state index in [4.69, 9.17) is 4.74 Å². The third kappa shape index (κ3) is 4.44. The summed E-state index contributed by atoms with van der Waals surface area (Å²) in [5.74, 6) is -0.125. The molecule has 0 radical (unpaired) electrons. The number of nitrogens with zero attached hydrogens (tertiary/aromatic N) is 3. The lowest BCUT2D eigenvalue weighted by atomic mass is 10.0. The van der Waals surface area contributed by atoms with Crippen LogP contribution in [-0.2, 0) is 9.53 Å². The van der Waals surface area contributed by atoms with Gasteiger partial charge < -0.3 is 9.64 Å². The van der Waals surface area contributed by atoms with Crippen LogP contribution in [0.15, 0.2) is 0 Å². The average Bonchev–Trinajstić information content (AvgIpc) is 2.43. The van der Waals surface area contributed by atoms with Crippen LogP contribution < -0.4 is 0 Å². The lowest BCUT2D eigenvalue weighted by molar-refractivity contribution is -0.142. The molecule has 0 aliphatic carbocycles. The van der Waals surface area contributed by atoms with Gasteiger partial charge in [0.25, 0.3) is 0 Å². The van der Waals surface area contributed by atoms with Crippen LogP contribution >= 0.6 is 0 Å². The van der Waals surface area contributed by atoms with E-state index in [2.05, 4.69) is 21.7 Å². The van der Waals surface area contributed by atoms with Crippen LogP contribution in [0.4, 0.5) is 0 Å². The monoisotopic (exact) mass is 269 g/mol. The van der Waals surface area contributed by atoms with Crippen LogP contribution in [0, 0.1) is 0 Å². The number of piperazine rings is 1. The standard InChI is InChI=1S/C14H27N3O2/c1-15-6-4-3-5-13(15)11-16-7-9-17(10-8-16)12-14(18)19-2/h13H,3-12H2,1-2H3. The molecule has 5 heteroatoms. The van der Waals surface area contributed by atoms with Crippen LogP contribution in [0.25, 0.3) is 0 Å². The van der Waals surface area contributed by atoms with Crippen LogP contribution in [0.5, 0.6) is 0 Å². The van der Waals surface area contributed by atoms with Gasteiger partial charge in [-0.1, -0.05) is 6.42 Å². The third-order valence-corrected chi connectivity index (χ3v) is 4.44. The van der Waals surface area contributed by atoms with Gasteiger partial charge >= 0.3 is 5.97 Å². The zero-order valence-corrected chi connectivity index (χ0v) is 12.3. The Kier molecular flexibility index (Phi) is 5.60. The summed E-state index contributed by atoms with van der Waals surface area (Å²) in [5, 5.41) is 0. The number of hydrogen-bond acceptors (Lipinski definition) is 5. The number of carbonyl (C=O) groups is 1. The maximum atomic E-state index is 11.2. The van der Waals surface area contributed by atoms with Crippen LogP contribution in [0.2, 0.25) is 0 Å². The van der Waals surface area contributed by atoms with Crippen molar-refractivity contribution in [1.82, 2.24) is 14.7 Å². The van der Waals surface area contributed by atoms with E-state index in [1.807, 2.05) is 0 Å². The Morgan fingerprint density at radius 1 is 1.11 bits per heavy atom. The minimum absolute atomic E-state index is 0.125. The minimum Gasteiger partial charge on any atom is -0.468 e. The molecule has 0 aromatic carbocycles. The first kappa shape index (κ1) is 14.8. The molecule has 0 aromatic rings. The van der Waals surface area contributed by atoms with Crippen LogP contribution in [0.3, 0.4) is 0 Å². The van der Waals surface area contributed by atoms with E-state index in [1.165, 1.54) is 39.5 Å². The highest BCUT2D eigenvalue weighted by Gasteiger charge is 2.24. The lowest BCUT2D eigenvalue weighted by Crippen LogP contribution is -2.52. The zero-order valence-electron chi connectivity index (χ0n) is 12.3. The zero-order chi connectivity index (χ0) is 13.7. The molecule has 2 saturated heterocycles. The summed E-state index contributed by atoms with van der Waals surface area (Å²) in [6, 6.07) is 0.723. The molecular weight excluding hydrogens is 242 g/mol. The number of likely N-dealkylation sites (tertiary alicyclic amines) is 1. The lowest BCUT2D eigenvalue weighted by Gasteiger charge is -2.39. The maximum absolute atomic E-state index is 11.2. The number of esters is 1. The molecule has 0 N–H and O–H groups in total. The molecule has 0 amide bonds. The Labute approximate surface area is 116 Å². The molecule has 5 nitrogen and oxygen atoms in total. The molecule has 2 aliphatic rings. The second-order valence-electron chi connectivity index (χ2n) is 5.78. The van der Waals surface area contributed by atoms with Gasteiger partial charge in [-0.15, -0.1) is 0 Å². The first-order valence-electron chi connectivity index (χ1n) is 7.41. The molecule has 2 aliphatic heterocycles. The quantitative estimate of drug-likeness (QED) is 0.684. The molecule has 2 rings (SSSR count). The van der Waals surface area contributed by atoms with Crippen molar-refractivity contribution in [2.75, 3.05) is 60.0 Å². The van der Waals surface area contributed by atoms with E-state index < -0.39 is 0 Å². The van der Waals surface area contributed by atoms with E-state index >= 15 is 0 Å². The largest absolute Gasteiger partial charge is 0.468 e. The van der Waals surface area contributed by atoms with Crippen molar-refractivity contribution >= 4 is 5.97 Å². The normalized spacial score (nSPS) is 27.4. The fourth-order valence-electron chi connectivity index (χ4n) is 3.05. The molecular formula is C14H27N3O2. The van der Waals surface area contributed by atoms with Gasteiger partial charge in [0.05, 0.1) is 13.7 Å². The highest BCUT2D eigenvalue weighted by Crippen LogP contribution is 2.16. The molecule has 0 spiro atoms. The van der Waals surface area contributed by atoms with Gasteiger partial charge in [-0.3, -0.25) is 14.6 Å². The molecule has 1 atom stereocenters. The summed E-state index contributed by atoms with van der Waals surface area (Å²) < 4.78 is 4.71. The number of carbonyl (C=O) groups excluding carboxylic acids is 1. The number of hydrogen-bond donors (Lipinski definition) is 0. The van der Waals surface area contributed by atoms with Gasteiger partial charge in [0, 0.05) is 38.8 Å². The molecule has 19 heavy (non-hydrogen) atoms. The molecule has 110 valence electrons. The van der Waals surface area contributed by atoms with Crippen LogP contribution in [0.1, 0.15) is 19.3 Å². The predicted octanol–water partition coefficient (Wildman–Crippen LogP) is 0.261. The molecule has 2 heterocycles. The Hall–Kier alpha value is -0.650. The Morgan fingerprint density at radius 3 is 2.42 bits per heavy atom. The van der Waals surface area contributed by atoms with Gasteiger partial charge in [-0.05, 0) is 26.4 Å². The van der Waals surface area contributed by atoms with Crippen molar-refractivity contribution in [3.05, 3.63) is 0 Å². The van der Waals surface area contributed by atoms with Crippen molar-refractivity contribution in [2.24, 2.45) is 0 Å². The second-order valence-corrected chi connectivity index (χ2v) is 5.78. The van der Waals surface area contributed by atoms with Crippen molar-refractivity contribution in [1.29, 1.82) is 0 Å². The van der Waals surface area contributed by atoms with Crippen molar-refractivity contribution in [2.45, 2.75) is 25.3 Å². The van der Waals surface area contributed by atoms with E-state index in [0.717, 1.165) is 32.2 Å². The first-order chi connectivity index (χ1) is 9.19. The Balaban J connectivity index is 1.69. The number of ether oxygens (including phenoxy) is 1. The van der Waals surface area contributed by atoms with E-state index in [1.54, 1.807) is 0 Å². The Morgan fingerprint density at radius 2 is 1.79 bits per heavy atom. The molecule has 0 bridgehead atoms.